The summed E-state index contributed by atoms with van der Waals surface area (Å²) in [4.78, 5) is 23.6. The van der Waals surface area contributed by atoms with Crippen molar-refractivity contribution in [3.63, 3.8) is 0 Å². The van der Waals surface area contributed by atoms with Crippen molar-refractivity contribution in [2.24, 2.45) is 0 Å². The summed E-state index contributed by atoms with van der Waals surface area (Å²) in [5.74, 6) is 1.77. The first kappa shape index (κ1) is 16.8. The second kappa shape index (κ2) is 6.92. The van der Waals surface area contributed by atoms with Crippen LogP contribution in [0.2, 0.25) is 0 Å². The number of hydrogen-bond acceptors (Lipinski definition) is 6. The number of morpholine rings is 1. The van der Waals surface area contributed by atoms with Crippen LogP contribution in [0, 0.1) is 13.8 Å². The summed E-state index contributed by atoms with van der Waals surface area (Å²) in [5.41, 5.74) is 2.22. The largest absolute Gasteiger partial charge is 0.486 e. The van der Waals surface area contributed by atoms with Crippen LogP contribution in [0.25, 0.3) is 0 Å². The predicted molar refractivity (Wildman–Crippen MR) is 93.5 cm³/mol. The van der Waals surface area contributed by atoms with Crippen molar-refractivity contribution in [2.45, 2.75) is 20.0 Å². The van der Waals surface area contributed by atoms with E-state index in [-0.39, 0.29) is 12.0 Å². The van der Waals surface area contributed by atoms with Crippen molar-refractivity contribution >= 4 is 5.91 Å². The molecule has 136 valence electrons. The molecule has 1 amide bonds. The van der Waals surface area contributed by atoms with Crippen molar-refractivity contribution in [1.29, 1.82) is 0 Å². The van der Waals surface area contributed by atoms with Gasteiger partial charge in [0.15, 0.2) is 11.5 Å². The lowest BCUT2D eigenvalue weighted by Crippen LogP contribution is -2.42. The van der Waals surface area contributed by atoms with Crippen LogP contribution < -0.4 is 9.47 Å². The molecule has 7 heteroatoms. The van der Waals surface area contributed by atoms with Gasteiger partial charge in [-0.05, 0) is 32.0 Å². The number of hydrogen-bond donors (Lipinski definition) is 0. The average molecular weight is 355 g/mol. The molecule has 0 radical (unpaired) electrons. The average Bonchev–Trinajstić information content (AvgIpc) is 2.66. The third kappa shape index (κ3) is 3.22. The second-order valence-electron chi connectivity index (χ2n) is 6.42. The molecule has 0 saturated carbocycles. The Balaban J connectivity index is 1.57. The number of para-hydroxylation sites is 1. The van der Waals surface area contributed by atoms with Gasteiger partial charge in [0.2, 0.25) is 0 Å². The number of benzene rings is 1. The zero-order valence-electron chi connectivity index (χ0n) is 14.9. The van der Waals surface area contributed by atoms with Gasteiger partial charge in [-0.3, -0.25) is 4.79 Å². The van der Waals surface area contributed by atoms with Crippen LogP contribution in [-0.2, 0) is 4.74 Å². The minimum atomic E-state index is -0.259. The van der Waals surface area contributed by atoms with E-state index < -0.39 is 0 Å². The van der Waals surface area contributed by atoms with Gasteiger partial charge in [0.05, 0.1) is 24.4 Å². The van der Waals surface area contributed by atoms with E-state index in [4.69, 9.17) is 14.2 Å². The first-order valence-corrected chi connectivity index (χ1v) is 8.73. The van der Waals surface area contributed by atoms with Gasteiger partial charge < -0.3 is 19.1 Å². The molecule has 2 aliphatic rings. The molecule has 2 aromatic rings. The summed E-state index contributed by atoms with van der Waals surface area (Å²) < 4.78 is 17.1. The fourth-order valence-electron chi connectivity index (χ4n) is 3.34. The van der Waals surface area contributed by atoms with Crippen LogP contribution in [0.1, 0.15) is 33.7 Å². The fraction of sp³-hybridized carbons (Fsp3) is 0.421. The minimum Gasteiger partial charge on any atom is -0.486 e. The number of nitrogens with zero attached hydrogens (tertiary/aromatic N) is 3. The summed E-state index contributed by atoms with van der Waals surface area (Å²) in [6, 6.07) is 7.32. The molecule has 1 saturated heterocycles. The smallest absolute Gasteiger partial charge is 0.257 e. The Morgan fingerprint density at radius 2 is 2.00 bits per heavy atom. The maximum absolute atomic E-state index is 13.1. The number of aryl methyl sites for hydroxylation is 2. The molecule has 26 heavy (non-hydrogen) atoms. The lowest BCUT2D eigenvalue weighted by molar-refractivity contribution is -0.0250. The highest BCUT2D eigenvalue weighted by atomic mass is 16.6. The van der Waals surface area contributed by atoms with Gasteiger partial charge in [0.25, 0.3) is 5.91 Å². The van der Waals surface area contributed by atoms with Crippen LogP contribution in [0.3, 0.4) is 0 Å². The maximum Gasteiger partial charge on any atom is 0.257 e. The molecule has 0 unspecified atom stereocenters. The van der Waals surface area contributed by atoms with Crippen molar-refractivity contribution < 1.29 is 19.0 Å². The number of carbonyl (C=O) groups excluding carboxylic acids is 1. The first-order chi connectivity index (χ1) is 12.6. The van der Waals surface area contributed by atoms with Gasteiger partial charge in [-0.2, -0.15) is 0 Å². The Hall–Kier alpha value is -2.67. The van der Waals surface area contributed by atoms with Gasteiger partial charge in [0, 0.05) is 12.2 Å². The van der Waals surface area contributed by atoms with Crippen LogP contribution in [0.5, 0.6) is 11.5 Å². The summed E-state index contributed by atoms with van der Waals surface area (Å²) in [7, 11) is 0. The highest BCUT2D eigenvalue weighted by molar-refractivity contribution is 5.98. The SMILES string of the molecule is Cc1cc([C@H]2CN(C(=O)c3cccc4c3OCCO4)CCO2)nc(C)n1. The number of ether oxygens (including phenoxy) is 3. The van der Waals surface area contributed by atoms with E-state index in [9.17, 15) is 4.79 Å². The number of fused-ring (bicyclic) bond motifs is 1. The highest BCUT2D eigenvalue weighted by Crippen LogP contribution is 2.35. The Kier molecular flexibility index (Phi) is 4.46. The van der Waals surface area contributed by atoms with Gasteiger partial charge in [0.1, 0.15) is 25.1 Å². The molecule has 0 spiro atoms. The summed E-state index contributed by atoms with van der Waals surface area (Å²) in [6.45, 7) is 6.17. The number of amides is 1. The molecular formula is C19H21N3O4. The molecule has 0 aliphatic carbocycles. The molecular weight excluding hydrogens is 334 g/mol. The van der Waals surface area contributed by atoms with Crippen molar-refractivity contribution in [3.8, 4) is 11.5 Å². The lowest BCUT2D eigenvalue weighted by atomic mass is 10.1. The topological polar surface area (TPSA) is 73.8 Å². The third-order valence-electron chi connectivity index (χ3n) is 4.47. The van der Waals surface area contributed by atoms with Gasteiger partial charge >= 0.3 is 0 Å². The van der Waals surface area contributed by atoms with Crippen LogP contribution in [0.4, 0.5) is 0 Å². The molecule has 1 aromatic carbocycles. The molecule has 1 atom stereocenters. The molecule has 0 bridgehead atoms. The first-order valence-electron chi connectivity index (χ1n) is 8.73. The van der Waals surface area contributed by atoms with Crippen LogP contribution >= 0.6 is 0 Å². The molecule has 1 aromatic heterocycles. The minimum absolute atomic E-state index is 0.0804. The molecule has 4 rings (SSSR count). The van der Waals surface area contributed by atoms with E-state index in [0.717, 1.165) is 11.4 Å². The zero-order valence-corrected chi connectivity index (χ0v) is 14.9. The maximum atomic E-state index is 13.1. The van der Waals surface area contributed by atoms with E-state index in [1.165, 1.54) is 0 Å². The third-order valence-corrected chi connectivity index (χ3v) is 4.47. The van der Waals surface area contributed by atoms with Gasteiger partial charge in [-0.1, -0.05) is 6.07 Å². The Morgan fingerprint density at radius 3 is 2.85 bits per heavy atom. The van der Waals surface area contributed by atoms with E-state index in [0.29, 0.717) is 55.8 Å². The van der Waals surface area contributed by atoms with Crippen molar-refractivity contribution in [3.05, 3.63) is 47.0 Å². The normalized spacial score (nSPS) is 19.3. The summed E-state index contributed by atoms with van der Waals surface area (Å²) >= 11 is 0. The predicted octanol–water partition coefficient (Wildman–Crippen LogP) is 2.08. The Bertz CT molecular complexity index is 819. The lowest BCUT2D eigenvalue weighted by Gasteiger charge is -2.33. The fourth-order valence-corrected chi connectivity index (χ4v) is 3.34. The number of carbonyl (C=O) groups is 1. The quantitative estimate of drug-likeness (QED) is 0.821. The van der Waals surface area contributed by atoms with Crippen molar-refractivity contribution in [2.75, 3.05) is 32.9 Å². The highest BCUT2D eigenvalue weighted by Gasteiger charge is 2.30. The second-order valence-corrected chi connectivity index (χ2v) is 6.42. The van der Waals surface area contributed by atoms with Crippen molar-refractivity contribution in [1.82, 2.24) is 14.9 Å². The van der Waals surface area contributed by atoms with E-state index in [1.54, 1.807) is 11.0 Å². The number of aromatic nitrogens is 2. The molecule has 2 aliphatic heterocycles. The zero-order chi connectivity index (χ0) is 18.1. The Labute approximate surface area is 151 Å². The van der Waals surface area contributed by atoms with E-state index in [2.05, 4.69) is 9.97 Å². The van der Waals surface area contributed by atoms with Gasteiger partial charge in [-0.15, -0.1) is 0 Å². The molecule has 7 nitrogen and oxygen atoms in total. The number of rotatable bonds is 2. The molecule has 1 fully saturated rings. The summed E-state index contributed by atoms with van der Waals surface area (Å²) in [6.07, 6.45) is -0.259. The van der Waals surface area contributed by atoms with Gasteiger partial charge in [-0.25, -0.2) is 9.97 Å². The van der Waals surface area contributed by atoms with E-state index >= 15 is 0 Å². The monoisotopic (exact) mass is 355 g/mol. The van der Waals surface area contributed by atoms with Crippen LogP contribution in [-0.4, -0.2) is 53.7 Å². The molecule has 3 heterocycles. The Morgan fingerprint density at radius 1 is 1.15 bits per heavy atom. The summed E-state index contributed by atoms with van der Waals surface area (Å²) in [5, 5.41) is 0. The molecule has 0 N–H and O–H groups in total. The van der Waals surface area contributed by atoms with Crippen LogP contribution in [0.15, 0.2) is 24.3 Å². The van der Waals surface area contributed by atoms with E-state index in [1.807, 2.05) is 32.0 Å². The standard InChI is InChI=1S/C19H21N3O4/c1-12-10-15(21-13(2)20-12)17-11-22(6-7-24-17)19(23)14-4-3-5-16-18(14)26-9-8-25-16/h3-5,10,17H,6-9,11H2,1-2H3/t17-/m1/s1.